The molecule has 76 valence electrons. The first-order valence-electron chi connectivity index (χ1n) is 5.29. The predicted molar refractivity (Wildman–Crippen MR) is 50.6 cm³/mol. The van der Waals surface area contributed by atoms with Crippen molar-refractivity contribution in [3.05, 3.63) is 0 Å². The Kier molecular flexibility index (Phi) is 2.86. The summed E-state index contributed by atoms with van der Waals surface area (Å²) >= 11 is 0. The molecule has 13 heavy (non-hydrogen) atoms. The minimum atomic E-state index is 0.0526. The van der Waals surface area contributed by atoms with Gasteiger partial charge in [0.2, 0.25) is 0 Å². The summed E-state index contributed by atoms with van der Waals surface area (Å²) in [5, 5.41) is 9.02. The highest BCUT2D eigenvalue weighted by atomic mass is 16.5. The standard InChI is InChI=1S/C10H19NO2/c1-8-7-13-10(6-12)5-11(8)9-3-2-4-9/h8-10,12H,2-7H2,1H3. The summed E-state index contributed by atoms with van der Waals surface area (Å²) < 4.78 is 5.50. The van der Waals surface area contributed by atoms with Gasteiger partial charge in [-0.3, -0.25) is 4.90 Å². The topological polar surface area (TPSA) is 32.7 Å². The molecule has 3 nitrogen and oxygen atoms in total. The number of morpholine rings is 1. The molecule has 3 heteroatoms. The third kappa shape index (κ3) is 1.87. The van der Waals surface area contributed by atoms with Crippen molar-refractivity contribution < 1.29 is 9.84 Å². The molecule has 0 aromatic rings. The third-order valence-corrected chi connectivity index (χ3v) is 3.30. The van der Waals surface area contributed by atoms with Crippen molar-refractivity contribution in [2.75, 3.05) is 19.8 Å². The number of hydrogen-bond donors (Lipinski definition) is 1. The Balaban J connectivity index is 1.90. The minimum Gasteiger partial charge on any atom is -0.394 e. The number of hydrogen-bond acceptors (Lipinski definition) is 3. The van der Waals surface area contributed by atoms with Crippen LogP contribution in [0.5, 0.6) is 0 Å². The molecule has 1 saturated carbocycles. The summed E-state index contributed by atoms with van der Waals surface area (Å²) in [5.41, 5.74) is 0. The molecular weight excluding hydrogens is 166 g/mol. The average molecular weight is 185 g/mol. The Morgan fingerprint density at radius 3 is 2.77 bits per heavy atom. The van der Waals surface area contributed by atoms with Gasteiger partial charge >= 0.3 is 0 Å². The molecule has 0 amide bonds. The molecule has 2 rings (SSSR count). The Bertz CT molecular complexity index is 168. The summed E-state index contributed by atoms with van der Waals surface area (Å²) in [7, 11) is 0. The molecule has 0 aromatic carbocycles. The van der Waals surface area contributed by atoms with Gasteiger partial charge in [0.15, 0.2) is 0 Å². The second-order valence-corrected chi connectivity index (χ2v) is 4.27. The molecule has 1 aliphatic heterocycles. The van der Waals surface area contributed by atoms with Gasteiger partial charge in [-0.05, 0) is 19.8 Å². The lowest BCUT2D eigenvalue weighted by Crippen LogP contribution is -2.55. The predicted octanol–water partition coefficient (Wildman–Crippen LogP) is 0.620. The lowest BCUT2D eigenvalue weighted by molar-refractivity contribution is -0.100. The number of aliphatic hydroxyl groups excluding tert-OH is 1. The Morgan fingerprint density at radius 2 is 2.23 bits per heavy atom. The molecule has 2 aliphatic rings. The van der Waals surface area contributed by atoms with Crippen molar-refractivity contribution in [1.82, 2.24) is 4.90 Å². The van der Waals surface area contributed by atoms with Crippen molar-refractivity contribution in [3.63, 3.8) is 0 Å². The fourth-order valence-corrected chi connectivity index (χ4v) is 2.18. The Hall–Kier alpha value is -0.120. The second-order valence-electron chi connectivity index (χ2n) is 4.27. The highest BCUT2D eigenvalue weighted by molar-refractivity contribution is 4.87. The SMILES string of the molecule is CC1COC(CO)CN1C1CCC1. The molecular formula is C10H19NO2. The van der Waals surface area contributed by atoms with E-state index in [1.165, 1.54) is 19.3 Å². The van der Waals surface area contributed by atoms with E-state index in [2.05, 4.69) is 11.8 Å². The van der Waals surface area contributed by atoms with E-state index in [0.29, 0.717) is 6.04 Å². The number of nitrogens with zero attached hydrogens (tertiary/aromatic N) is 1. The van der Waals surface area contributed by atoms with Gasteiger partial charge in [-0.1, -0.05) is 6.42 Å². The first-order chi connectivity index (χ1) is 6.31. The molecule has 1 aliphatic carbocycles. The van der Waals surface area contributed by atoms with E-state index in [-0.39, 0.29) is 12.7 Å². The van der Waals surface area contributed by atoms with Gasteiger partial charge in [-0.2, -0.15) is 0 Å². The van der Waals surface area contributed by atoms with Crippen molar-refractivity contribution in [3.8, 4) is 0 Å². The van der Waals surface area contributed by atoms with Gasteiger partial charge in [0, 0.05) is 18.6 Å². The van der Waals surface area contributed by atoms with Gasteiger partial charge in [0.05, 0.1) is 19.3 Å². The van der Waals surface area contributed by atoms with Crippen LogP contribution in [0, 0.1) is 0 Å². The van der Waals surface area contributed by atoms with Gasteiger partial charge in [-0.15, -0.1) is 0 Å². The number of ether oxygens (including phenoxy) is 1. The molecule has 1 heterocycles. The van der Waals surface area contributed by atoms with Crippen LogP contribution < -0.4 is 0 Å². The first kappa shape index (κ1) is 9.44. The van der Waals surface area contributed by atoms with Gasteiger partial charge in [0.25, 0.3) is 0 Å². The molecule has 1 saturated heterocycles. The van der Waals surface area contributed by atoms with Crippen molar-refractivity contribution in [2.24, 2.45) is 0 Å². The number of rotatable bonds is 2. The normalized spacial score (nSPS) is 37.4. The van der Waals surface area contributed by atoms with Crippen molar-refractivity contribution >= 4 is 0 Å². The van der Waals surface area contributed by atoms with Crippen LogP contribution in [0.25, 0.3) is 0 Å². The van der Waals surface area contributed by atoms with E-state index in [9.17, 15) is 0 Å². The van der Waals surface area contributed by atoms with Gasteiger partial charge < -0.3 is 9.84 Å². The van der Waals surface area contributed by atoms with E-state index < -0.39 is 0 Å². The van der Waals surface area contributed by atoms with Crippen LogP contribution >= 0.6 is 0 Å². The molecule has 2 fully saturated rings. The molecule has 0 bridgehead atoms. The zero-order valence-corrected chi connectivity index (χ0v) is 8.28. The maximum Gasteiger partial charge on any atom is 0.0933 e. The van der Waals surface area contributed by atoms with E-state index in [1.807, 2.05) is 0 Å². The summed E-state index contributed by atoms with van der Waals surface area (Å²) in [6.07, 6.45) is 4.10. The summed E-state index contributed by atoms with van der Waals surface area (Å²) in [5.74, 6) is 0. The fourth-order valence-electron chi connectivity index (χ4n) is 2.18. The van der Waals surface area contributed by atoms with Crippen molar-refractivity contribution in [1.29, 1.82) is 0 Å². The Labute approximate surface area is 79.7 Å². The molecule has 0 radical (unpaired) electrons. The van der Waals surface area contributed by atoms with Crippen LogP contribution in [0.4, 0.5) is 0 Å². The first-order valence-corrected chi connectivity index (χ1v) is 5.29. The van der Waals surface area contributed by atoms with E-state index in [4.69, 9.17) is 9.84 Å². The highest BCUT2D eigenvalue weighted by Crippen LogP contribution is 2.28. The third-order valence-electron chi connectivity index (χ3n) is 3.30. The quantitative estimate of drug-likeness (QED) is 0.684. The van der Waals surface area contributed by atoms with Crippen LogP contribution in [0.15, 0.2) is 0 Å². The van der Waals surface area contributed by atoms with E-state index in [0.717, 1.165) is 19.2 Å². The maximum absolute atomic E-state index is 9.02. The molecule has 0 aromatic heterocycles. The van der Waals surface area contributed by atoms with Gasteiger partial charge in [-0.25, -0.2) is 0 Å². The second kappa shape index (κ2) is 3.95. The summed E-state index contributed by atoms with van der Waals surface area (Å²) in [6.45, 7) is 4.08. The zero-order valence-electron chi connectivity index (χ0n) is 8.28. The summed E-state index contributed by atoms with van der Waals surface area (Å²) in [6, 6.07) is 1.31. The number of aliphatic hydroxyl groups is 1. The molecule has 0 spiro atoms. The lowest BCUT2D eigenvalue weighted by atomic mass is 9.90. The fraction of sp³-hybridized carbons (Fsp3) is 1.00. The van der Waals surface area contributed by atoms with E-state index >= 15 is 0 Å². The lowest BCUT2D eigenvalue weighted by Gasteiger charge is -2.45. The Morgan fingerprint density at radius 1 is 1.46 bits per heavy atom. The smallest absolute Gasteiger partial charge is 0.0933 e. The summed E-state index contributed by atoms with van der Waals surface area (Å²) in [4.78, 5) is 2.51. The van der Waals surface area contributed by atoms with Crippen molar-refractivity contribution in [2.45, 2.75) is 44.4 Å². The molecule has 2 atom stereocenters. The average Bonchev–Trinajstić information content (AvgIpc) is 2.06. The van der Waals surface area contributed by atoms with Gasteiger partial charge in [0.1, 0.15) is 0 Å². The van der Waals surface area contributed by atoms with Crippen LogP contribution in [0.1, 0.15) is 26.2 Å². The van der Waals surface area contributed by atoms with Crippen LogP contribution in [0.2, 0.25) is 0 Å². The van der Waals surface area contributed by atoms with Crippen LogP contribution in [0.3, 0.4) is 0 Å². The highest BCUT2D eigenvalue weighted by Gasteiger charge is 2.33. The molecule has 1 N–H and O–H groups in total. The van der Waals surface area contributed by atoms with Crippen LogP contribution in [-0.4, -0.2) is 48.0 Å². The molecule has 2 unspecified atom stereocenters. The van der Waals surface area contributed by atoms with Crippen LogP contribution in [-0.2, 0) is 4.74 Å². The van der Waals surface area contributed by atoms with E-state index in [1.54, 1.807) is 0 Å². The maximum atomic E-state index is 9.02. The zero-order chi connectivity index (χ0) is 9.26. The monoisotopic (exact) mass is 185 g/mol. The minimum absolute atomic E-state index is 0.0526. The largest absolute Gasteiger partial charge is 0.394 e.